The number of benzene rings is 1. The van der Waals surface area contributed by atoms with Crippen LogP contribution < -0.4 is 5.32 Å². The fourth-order valence-corrected chi connectivity index (χ4v) is 2.90. The zero-order valence-electron chi connectivity index (χ0n) is 13.0. The Bertz CT molecular complexity index is 596. The highest BCUT2D eigenvalue weighted by Gasteiger charge is 2.17. The Hall–Kier alpha value is -2.07. The first-order chi connectivity index (χ1) is 10.7. The van der Waals surface area contributed by atoms with E-state index >= 15 is 0 Å². The van der Waals surface area contributed by atoms with Gasteiger partial charge in [0.25, 0.3) is 5.91 Å². The normalized spacial score (nSPS) is 16.6. The molecule has 0 bridgehead atoms. The summed E-state index contributed by atoms with van der Waals surface area (Å²) >= 11 is 0. The summed E-state index contributed by atoms with van der Waals surface area (Å²) in [5, 5.41) is 3.07. The number of carbonyl (C=O) groups is 1. The lowest BCUT2D eigenvalue weighted by Crippen LogP contribution is -2.36. The highest BCUT2D eigenvalue weighted by Crippen LogP contribution is 2.15. The van der Waals surface area contributed by atoms with E-state index in [1.54, 1.807) is 0 Å². The molecule has 0 aliphatic carbocycles. The van der Waals surface area contributed by atoms with E-state index in [2.05, 4.69) is 17.3 Å². The number of nitrogens with one attached hydrogen (secondary N) is 1. The second-order valence-electron chi connectivity index (χ2n) is 6.09. The molecular weight excluding hydrogens is 274 g/mol. The molecule has 1 aromatic carbocycles. The van der Waals surface area contributed by atoms with E-state index < -0.39 is 0 Å². The number of carbonyl (C=O) groups excluding carboxylic acids is 1. The molecule has 1 saturated heterocycles. The standard InChI is InChI=1S/C18H23N3O/c1-20-12-8-15(9-13-20)14-19-18(22)16-4-6-17(7-5-16)21-10-2-3-11-21/h2-7,10-11,15H,8-9,12-14H2,1H3,(H,19,22). The Kier molecular flexibility index (Phi) is 4.59. The third kappa shape index (κ3) is 3.57. The molecule has 2 aromatic rings. The third-order valence-corrected chi connectivity index (χ3v) is 4.42. The number of rotatable bonds is 4. The number of aromatic nitrogens is 1. The number of hydrogen-bond donors (Lipinski definition) is 1. The first-order valence-corrected chi connectivity index (χ1v) is 7.92. The summed E-state index contributed by atoms with van der Waals surface area (Å²) in [6.07, 6.45) is 6.33. The minimum Gasteiger partial charge on any atom is -0.352 e. The molecular formula is C18H23N3O. The average Bonchev–Trinajstić information content (AvgIpc) is 3.09. The van der Waals surface area contributed by atoms with Gasteiger partial charge < -0.3 is 14.8 Å². The molecule has 3 rings (SSSR count). The zero-order chi connectivity index (χ0) is 15.4. The molecule has 0 unspecified atom stereocenters. The molecule has 4 nitrogen and oxygen atoms in total. The van der Waals surface area contributed by atoms with Crippen LogP contribution in [-0.2, 0) is 0 Å². The van der Waals surface area contributed by atoms with E-state index in [4.69, 9.17) is 0 Å². The van der Waals surface area contributed by atoms with Crippen molar-refractivity contribution in [1.82, 2.24) is 14.8 Å². The van der Waals surface area contributed by atoms with Gasteiger partial charge in [-0.2, -0.15) is 0 Å². The van der Waals surface area contributed by atoms with Crippen LogP contribution in [0.15, 0.2) is 48.8 Å². The number of likely N-dealkylation sites (tertiary alicyclic amines) is 1. The lowest BCUT2D eigenvalue weighted by Gasteiger charge is -2.28. The maximum absolute atomic E-state index is 12.2. The number of nitrogens with zero attached hydrogens (tertiary/aromatic N) is 2. The summed E-state index contributed by atoms with van der Waals surface area (Å²) in [4.78, 5) is 14.6. The van der Waals surface area contributed by atoms with Crippen LogP contribution in [0.5, 0.6) is 0 Å². The summed E-state index contributed by atoms with van der Waals surface area (Å²) < 4.78 is 2.03. The van der Waals surface area contributed by atoms with Crippen LogP contribution in [0, 0.1) is 5.92 Å². The van der Waals surface area contributed by atoms with Crippen molar-refractivity contribution in [3.63, 3.8) is 0 Å². The van der Waals surface area contributed by atoms with Gasteiger partial charge in [0.1, 0.15) is 0 Å². The van der Waals surface area contributed by atoms with Gasteiger partial charge in [0.2, 0.25) is 0 Å². The third-order valence-electron chi connectivity index (χ3n) is 4.42. The lowest BCUT2D eigenvalue weighted by atomic mass is 9.97. The predicted molar refractivity (Wildman–Crippen MR) is 88.3 cm³/mol. The van der Waals surface area contributed by atoms with Gasteiger partial charge in [-0.3, -0.25) is 4.79 Å². The van der Waals surface area contributed by atoms with Gasteiger partial charge in [-0.1, -0.05) is 0 Å². The van der Waals surface area contributed by atoms with Gasteiger partial charge in [-0.15, -0.1) is 0 Å². The van der Waals surface area contributed by atoms with E-state index in [0.717, 1.165) is 30.9 Å². The van der Waals surface area contributed by atoms with Crippen molar-refractivity contribution in [2.75, 3.05) is 26.7 Å². The molecule has 1 N–H and O–H groups in total. The molecule has 1 amide bonds. The fraction of sp³-hybridized carbons (Fsp3) is 0.389. The summed E-state index contributed by atoms with van der Waals surface area (Å²) in [5.74, 6) is 0.636. The molecule has 1 fully saturated rings. The van der Waals surface area contributed by atoms with Gasteiger partial charge >= 0.3 is 0 Å². The molecule has 0 atom stereocenters. The first kappa shape index (κ1) is 14.9. The number of piperidine rings is 1. The topological polar surface area (TPSA) is 37.3 Å². The predicted octanol–water partition coefficient (Wildman–Crippen LogP) is 2.55. The Morgan fingerprint density at radius 3 is 2.41 bits per heavy atom. The molecule has 0 saturated carbocycles. The van der Waals surface area contributed by atoms with Gasteiger partial charge in [-0.25, -0.2) is 0 Å². The van der Waals surface area contributed by atoms with Crippen molar-refractivity contribution in [2.45, 2.75) is 12.8 Å². The smallest absolute Gasteiger partial charge is 0.251 e. The minimum absolute atomic E-state index is 0.0259. The van der Waals surface area contributed by atoms with E-state index in [9.17, 15) is 4.79 Å². The maximum Gasteiger partial charge on any atom is 0.251 e. The summed E-state index contributed by atoms with van der Waals surface area (Å²) in [5.41, 5.74) is 1.79. The van der Waals surface area contributed by atoms with Crippen molar-refractivity contribution < 1.29 is 4.79 Å². The largest absolute Gasteiger partial charge is 0.352 e. The minimum atomic E-state index is 0.0259. The van der Waals surface area contributed by atoms with Crippen LogP contribution in [0.1, 0.15) is 23.2 Å². The van der Waals surface area contributed by atoms with Crippen LogP contribution in [-0.4, -0.2) is 42.1 Å². The highest BCUT2D eigenvalue weighted by atomic mass is 16.1. The Labute approximate surface area is 131 Å². The quantitative estimate of drug-likeness (QED) is 0.941. The summed E-state index contributed by atoms with van der Waals surface area (Å²) in [7, 11) is 2.15. The number of amides is 1. The van der Waals surface area contributed by atoms with Crippen molar-refractivity contribution in [2.24, 2.45) is 5.92 Å². The Balaban J connectivity index is 1.54. The molecule has 1 aliphatic heterocycles. The second kappa shape index (κ2) is 6.79. The number of hydrogen-bond acceptors (Lipinski definition) is 2. The Morgan fingerprint density at radius 1 is 1.14 bits per heavy atom. The second-order valence-corrected chi connectivity index (χ2v) is 6.09. The van der Waals surface area contributed by atoms with E-state index in [1.165, 1.54) is 12.8 Å². The average molecular weight is 297 g/mol. The van der Waals surface area contributed by atoms with Crippen LogP contribution in [0.3, 0.4) is 0 Å². The zero-order valence-corrected chi connectivity index (χ0v) is 13.0. The molecule has 2 heterocycles. The first-order valence-electron chi connectivity index (χ1n) is 7.92. The van der Waals surface area contributed by atoms with Crippen molar-refractivity contribution >= 4 is 5.91 Å². The molecule has 0 radical (unpaired) electrons. The highest BCUT2D eigenvalue weighted by molar-refractivity contribution is 5.94. The SMILES string of the molecule is CN1CCC(CNC(=O)c2ccc(-n3cccc3)cc2)CC1. The van der Waals surface area contributed by atoms with Crippen LogP contribution in [0.2, 0.25) is 0 Å². The summed E-state index contributed by atoms with van der Waals surface area (Å²) in [6.45, 7) is 3.05. The molecule has 1 aliphatic rings. The van der Waals surface area contributed by atoms with E-state index in [-0.39, 0.29) is 5.91 Å². The van der Waals surface area contributed by atoms with Crippen molar-refractivity contribution in [3.8, 4) is 5.69 Å². The van der Waals surface area contributed by atoms with Crippen molar-refractivity contribution in [1.29, 1.82) is 0 Å². The van der Waals surface area contributed by atoms with Crippen LogP contribution >= 0.6 is 0 Å². The molecule has 22 heavy (non-hydrogen) atoms. The lowest BCUT2D eigenvalue weighted by molar-refractivity contribution is 0.0939. The Morgan fingerprint density at radius 2 is 1.77 bits per heavy atom. The van der Waals surface area contributed by atoms with Gasteiger partial charge in [0.05, 0.1) is 0 Å². The van der Waals surface area contributed by atoms with Gasteiger partial charge in [-0.05, 0) is 75.3 Å². The van der Waals surface area contributed by atoms with Gasteiger partial charge in [0.15, 0.2) is 0 Å². The summed E-state index contributed by atoms with van der Waals surface area (Å²) in [6, 6.07) is 11.7. The molecule has 1 aromatic heterocycles. The monoisotopic (exact) mass is 297 g/mol. The van der Waals surface area contributed by atoms with Crippen molar-refractivity contribution in [3.05, 3.63) is 54.4 Å². The van der Waals surface area contributed by atoms with E-state index in [1.807, 2.05) is 53.4 Å². The van der Waals surface area contributed by atoms with Gasteiger partial charge in [0, 0.05) is 30.2 Å². The van der Waals surface area contributed by atoms with Crippen LogP contribution in [0.25, 0.3) is 5.69 Å². The van der Waals surface area contributed by atoms with E-state index in [0.29, 0.717) is 5.92 Å². The fourth-order valence-electron chi connectivity index (χ4n) is 2.90. The maximum atomic E-state index is 12.2. The van der Waals surface area contributed by atoms with Crippen LogP contribution in [0.4, 0.5) is 0 Å². The molecule has 116 valence electrons. The molecule has 4 heteroatoms. The molecule has 0 spiro atoms.